The van der Waals surface area contributed by atoms with Gasteiger partial charge in [-0.1, -0.05) is 29.8 Å². The van der Waals surface area contributed by atoms with Gasteiger partial charge in [0.2, 0.25) is 5.76 Å². The summed E-state index contributed by atoms with van der Waals surface area (Å²) in [5.74, 6) is -1.02. The molecule has 0 spiro atoms. The van der Waals surface area contributed by atoms with E-state index in [1.807, 2.05) is 31.2 Å². The van der Waals surface area contributed by atoms with E-state index in [2.05, 4.69) is 0 Å². The van der Waals surface area contributed by atoms with Crippen LogP contribution in [0.2, 0.25) is 0 Å². The largest absolute Gasteiger partial charge is 0.475 e. The van der Waals surface area contributed by atoms with Crippen LogP contribution >= 0.6 is 0 Å². The summed E-state index contributed by atoms with van der Waals surface area (Å²) in [6.45, 7) is 1.99. The third-order valence-electron chi connectivity index (χ3n) is 2.72. The Labute approximate surface area is 104 Å². The van der Waals surface area contributed by atoms with Gasteiger partial charge in [-0.3, -0.25) is 0 Å². The lowest BCUT2D eigenvalue weighted by Crippen LogP contribution is -2.00. The van der Waals surface area contributed by atoms with Gasteiger partial charge in [-0.2, -0.15) is 0 Å². The lowest BCUT2D eigenvalue weighted by Gasteiger charge is -2.07. The molecule has 4 heteroatoms. The highest BCUT2D eigenvalue weighted by Gasteiger charge is 2.15. The molecule has 1 aromatic carbocycles. The summed E-state index contributed by atoms with van der Waals surface area (Å²) in [5.41, 5.74) is 2.13. The van der Waals surface area contributed by atoms with Crippen LogP contribution in [0.5, 0.6) is 0 Å². The molecule has 4 nitrogen and oxygen atoms in total. The van der Waals surface area contributed by atoms with Crippen molar-refractivity contribution in [2.75, 3.05) is 0 Å². The number of aliphatic hydroxyl groups excluding tert-OH is 1. The predicted octanol–water partition coefficient (Wildman–Crippen LogP) is 2.56. The van der Waals surface area contributed by atoms with Crippen LogP contribution in [0.4, 0.5) is 0 Å². The Morgan fingerprint density at radius 1 is 1.22 bits per heavy atom. The summed E-state index contributed by atoms with van der Waals surface area (Å²) < 4.78 is 5.05. The van der Waals surface area contributed by atoms with Crippen LogP contribution in [-0.2, 0) is 6.42 Å². The van der Waals surface area contributed by atoms with Gasteiger partial charge < -0.3 is 14.6 Å². The molecule has 1 atom stereocenters. The van der Waals surface area contributed by atoms with Gasteiger partial charge in [-0.15, -0.1) is 0 Å². The van der Waals surface area contributed by atoms with Gasteiger partial charge >= 0.3 is 5.97 Å². The molecule has 18 heavy (non-hydrogen) atoms. The maximum absolute atomic E-state index is 10.7. The number of aliphatic hydroxyl groups is 1. The van der Waals surface area contributed by atoms with E-state index in [1.165, 1.54) is 12.1 Å². The quantitative estimate of drug-likeness (QED) is 0.869. The zero-order valence-corrected chi connectivity index (χ0v) is 9.96. The van der Waals surface area contributed by atoms with Crippen LogP contribution in [0.25, 0.3) is 0 Å². The van der Waals surface area contributed by atoms with Crippen molar-refractivity contribution in [2.45, 2.75) is 19.4 Å². The minimum Gasteiger partial charge on any atom is -0.475 e. The van der Waals surface area contributed by atoms with E-state index >= 15 is 0 Å². The first-order chi connectivity index (χ1) is 8.56. The number of aryl methyl sites for hydroxylation is 1. The van der Waals surface area contributed by atoms with Crippen molar-refractivity contribution in [2.24, 2.45) is 0 Å². The number of carbonyl (C=O) groups is 1. The Balaban J connectivity index is 2.09. The zero-order chi connectivity index (χ0) is 13.1. The summed E-state index contributed by atoms with van der Waals surface area (Å²) in [6, 6.07) is 10.6. The van der Waals surface area contributed by atoms with E-state index in [9.17, 15) is 9.90 Å². The number of hydrogen-bond acceptors (Lipinski definition) is 3. The summed E-state index contributed by atoms with van der Waals surface area (Å²) in [6.07, 6.45) is -0.437. The molecule has 0 bridgehead atoms. The monoisotopic (exact) mass is 246 g/mol. The van der Waals surface area contributed by atoms with Gasteiger partial charge in [0.25, 0.3) is 0 Å². The normalized spacial score (nSPS) is 12.3. The fourth-order valence-electron chi connectivity index (χ4n) is 1.69. The van der Waals surface area contributed by atoms with E-state index in [0.29, 0.717) is 6.42 Å². The molecule has 2 aromatic rings. The Morgan fingerprint density at radius 3 is 2.44 bits per heavy atom. The molecule has 0 fully saturated rings. The van der Waals surface area contributed by atoms with E-state index in [4.69, 9.17) is 9.52 Å². The average molecular weight is 246 g/mol. The molecule has 1 unspecified atom stereocenters. The second kappa shape index (κ2) is 5.06. The van der Waals surface area contributed by atoms with Gasteiger partial charge in [0.1, 0.15) is 11.9 Å². The van der Waals surface area contributed by atoms with Gasteiger partial charge in [0.15, 0.2) is 0 Å². The van der Waals surface area contributed by atoms with Gasteiger partial charge in [-0.05, 0) is 24.6 Å². The topological polar surface area (TPSA) is 70.7 Å². The molecule has 0 aliphatic heterocycles. The van der Waals surface area contributed by atoms with E-state index < -0.39 is 12.1 Å². The Bertz CT molecular complexity index is 539. The summed E-state index contributed by atoms with van der Waals surface area (Å²) in [5, 5.41) is 18.7. The Kier molecular flexibility index (Phi) is 3.48. The standard InChI is InChI=1S/C14H14O4/c1-9-2-4-10(5-3-9)8-11(15)12-6-7-13(18-12)14(16)17/h2-7,11,15H,8H2,1H3,(H,16,17). The molecule has 0 aliphatic rings. The SMILES string of the molecule is Cc1ccc(CC(O)c2ccc(C(=O)O)o2)cc1. The van der Waals surface area contributed by atoms with E-state index in [1.54, 1.807) is 0 Å². The van der Waals surface area contributed by atoms with Crippen molar-refractivity contribution in [1.82, 2.24) is 0 Å². The maximum Gasteiger partial charge on any atom is 0.371 e. The van der Waals surface area contributed by atoms with Gasteiger partial charge in [-0.25, -0.2) is 4.79 Å². The fourth-order valence-corrected chi connectivity index (χ4v) is 1.69. The van der Waals surface area contributed by atoms with Crippen molar-refractivity contribution < 1.29 is 19.4 Å². The molecule has 2 rings (SSSR count). The summed E-state index contributed by atoms with van der Waals surface area (Å²) in [7, 11) is 0. The predicted molar refractivity (Wildman–Crippen MR) is 65.5 cm³/mol. The highest BCUT2D eigenvalue weighted by molar-refractivity contribution is 5.84. The van der Waals surface area contributed by atoms with Crippen molar-refractivity contribution >= 4 is 5.97 Å². The Morgan fingerprint density at radius 2 is 1.89 bits per heavy atom. The molecule has 94 valence electrons. The van der Waals surface area contributed by atoms with Crippen LogP contribution in [0.3, 0.4) is 0 Å². The van der Waals surface area contributed by atoms with Crippen molar-refractivity contribution in [3.63, 3.8) is 0 Å². The van der Waals surface area contributed by atoms with Crippen molar-refractivity contribution in [3.05, 3.63) is 59.0 Å². The molecule has 1 heterocycles. The van der Waals surface area contributed by atoms with Crippen molar-refractivity contribution in [3.8, 4) is 0 Å². The molecular formula is C14H14O4. The lowest BCUT2D eigenvalue weighted by atomic mass is 10.1. The van der Waals surface area contributed by atoms with Crippen LogP contribution in [0.15, 0.2) is 40.8 Å². The molecule has 2 N–H and O–H groups in total. The number of rotatable bonds is 4. The lowest BCUT2D eigenvalue weighted by molar-refractivity contribution is 0.0651. The third kappa shape index (κ3) is 2.78. The highest BCUT2D eigenvalue weighted by Crippen LogP contribution is 2.21. The average Bonchev–Trinajstić information content (AvgIpc) is 2.81. The highest BCUT2D eigenvalue weighted by atomic mass is 16.4. The number of benzene rings is 1. The Hall–Kier alpha value is -2.07. The molecule has 0 saturated carbocycles. The first-order valence-electron chi connectivity index (χ1n) is 5.63. The number of carboxylic acids is 1. The molecular weight excluding hydrogens is 232 g/mol. The zero-order valence-electron chi connectivity index (χ0n) is 9.96. The summed E-state index contributed by atoms with van der Waals surface area (Å²) >= 11 is 0. The number of furan rings is 1. The minimum absolute atomic E-state index is 0.159. The van der Waals surface area contributed by atoms with Crippen LogP contribution in [0.1, 0.15) is 33.5 Å². The molecule has 0 aliphatic carbocycles. The van der Waals surface area contributed by atoms with Gasteiger partial charge in [0.05, 0.1) is 0 Å². The van der Waals surface area contributed by atoms with Crippen molar-refractivity contribution in [1.29, 1.82) is 0 Å². The summed E-state index contributed by atoms with van der Waals surface area (Å²) in [4.78, 5) is 10.7. The molecule has 1 aromatic heterocycles. The van der Waals surface area contributed by atoms with E-state index in [0.717, 1.165) is 11.1 Å². The van der Waals surface area contributed by atoms with Crippen LogP contribution < -0.4 is 0 Å². The van der Waals surface area contributed by atoms with Crippen LogP contribution in [-0.4, -0.2) is 16.2 Å². The maximum atomic E-state index is 10.7. The minimum atomic E-state index is -1.14. The smallest absolute Gasteiger partial charge is 0.371 e. The number of hydrogen-bond donors (Lipinski definition) is 2. The first kappa shape index (κ1) is 12.4. The molecule has 0 saturated heterocycles. The first-order valence-corrected chi connectivity index (χ1v) is 5.63. The van der Waals surface area contributed by atoms with E-state index in [-0.39, 0.29) is 11.5 Å². The van der Waals surface area contributed by atoms with Gasteiger partial charge in [0, 0.05) is 6.42 Å². The van der Waals surface area contributed by atoms with Crippen LogP contribution in [0, 0.1) is 6.92 Å². The number of aromatic carboxylic acids is 1. The second-order valence-electron chi connectivity index (χ2n) is 4.21. The fraction of sp³-hybridized carbons (Fsp3) is 0.214. The molecule has 0 radical (unpaired) electrons. The molecule has 0 amide bonds. The second-order valence-corrected chi connectivity index (χ2v) is 4.21. The number of carboxylic acid groups (broad SMARTS) is 1. The third-order valence-corrected chi connectivity index (χ3v) is 2.72.